The number of nitrogens with zero attached hydrogens (tertiary/aromatic N) is 6. The van der Waals surface area contributed by atoms with Gasteiger partial charge in [-0.25, -0.2) is 4.39 Å². The first-order chi connectivity index (χ1) is 33.3. The number of methoxy groups -OCH3 is 2. The molecule has 0 spiro atoms. The zero-order valence-electron chi connectivity index (χ0n) is 42.5. The van der Waals surface area contributed by atoms with Gasteiger partial charge in [-0.15, -0.1) is 0 Å². The predicted molar refractivity (Wildman–Crippen MR) is 281 cm³/mol. The fourth-order valence-electron chi connectivity index (χ4n) is 9.43. The SMILES string of the molecule is CI.CO[C@@H]1CCN(C(=O)C(=O)c2cn(N)c3cc(Cl)c(C(=O)N4C[C@H](C)N(Cc5ccc(F)cc5)C[C@H]4C)cc23)C1.CO[C@@H]1CCN(Cc2ccccc2)C1.O[C@@H]1CCN(Cc2ccccc2)C1.[H-].[Na+]. The van der Waals surface area contributed by atoms with Gasteiger partial charge >= 0.3 is 29.6 Å². The van der Waals surface area contributed by atoms with Gasteiger partial charge in [-0.1, -0.05) is 107 Å². The molecule has 4 aliphatic heterocycles. The zero-order chi connectivity index (χ0) is 49.6. The third kappa shape index (κ3) is 15.5. The van der Waals surface area contributed by atoms with Crippen LogP contribution in [-0.4, -0.2) is 154 Å². The van der Waals surface area contributed by atoms with Gasteiger partial charge in [-0.2, -0.15) is 0 Å². The van der Waals surface area contributed by atoms with E-state index in [1.807, 2.05) is 24.8 Å². The van der Waals surface area contributed by atoms with Gasteiger partial charge < -0.3 is 31.6 Å². The molecule has 374 valence electrons. The fourth-order valence-corrected chi connectivity index (χ4v) is 9.67. The molecule has 0 saturated carbocycles. The summed E-state index contributed by atoms with van der Waals surface area (Å²) in [7, 11) is 3.38. The topological polar surface area (TPSA) is 137 Å². The summed E-state index contributed by atoms with van der Waals surface area (Å²) >= 11 is 8.73. The van der Waals surface area contributed by atoms with Crippen LogP contribution in [0.25, 0.3) is 10.9 Å². The number of piperazine rings is 1. The molecule has 13 nitrogen and oxygen atoms in total. The number of hydrogen-bond donors (Lipinski definition) is 2. The number of ketones is 1. The van der Waals surface area contributed by atoms with Gasteiger partial charge in [0.1, 0.15) is 5.82 Å². The predicted octanol–water partition coefficient (Wildman–Crippen LogP) is 4.64. The van der Waals surface area contributed by atoms with Crippen LogP contribution in [0.15, 0.2) is 103 Å². The first-order valence-corrected chi connectivity index (χ1v) is 26.2. The van der Waals surface area contributed by atoms with E-state index in [0.717, 1.165) is 51.3 Å². The third-order valence-corrected chi connectivity index (χ3v) is 13.7. The van der Waals surface area contributed by atoms with Crippen molar-refractivity contribution < 1.29 is 64.3 Å². The van der Waals surface area contributed by atoms with Gasteiger partial charge in [0.15, 0.2) is 0 Å². The van der Waals surface area contributed by atoms with Crippen molar-refractivity contribution in [3.8, 4) is 0 Å². The molecule has 5 aromatic rings. The molecule has 0 unspecified atom stereocenters. The number of aromatic nitrogens is 1. The fraction of sp³-hybridized carbons (Fsp3) is 0.453. The quantitative estimate of drug-likeness (QED) is 0.0481. The maximum atomic E-state index is 13.8. The van der Waals surface area contributed by atoms with Gasteiger partial charge in [-0.3, -0.25) is 33.8 Å². The minimum Gasteiger partial charge on any atom is -1.00 e. The third-order valence-electron chi connectivity index (χ3n) is 13.3. The largest absolute Gasteiger partial charge is 1.00 e. The van der Waals surface area contributed by atoms with Gasteiger partial charge in [-0.05, 0) is 79.0 Å². The number of carbonyl (C=O) groups is 3. The van der Waals surface area contributed by atoms with Gasteiger partial charge in [0, 0.05) is 110 Å². The van der Waals surface area contributed by atoms with Crippen molar-refractivity contribution in [1.82, 2.24) is 29.2 Å². The molecule has 0 aliphatic carbocycles. The number of fused-ring (bicyclic) bond motifs is 1. The molecule has 5 heterocycles. The molecule has 4 aromatic carbocycles. The number of nitrogens with two attached hydrogens (primary N) is 1. The number of carbonyl (C=O) groups excluding carboxylic acids is 3. The zero-order valence-corrected chi connectivity index (χ0v) is 46.4. The molecule has 2 amide bonds. The Balaban J connectivity index is 0.000000287. The Hall–Kier alpha value is -3.46. The van der Waals surface area contributed by atoms with Crippen LogP contribution < -0.4 is 35.4 Å². The van der Waals surface area contributed by atoms with E-state index in [0.29, 0.717) is 56.2 Å². The Bertz CT molecular complexity index is 2450. The Labute approximate surface area is 455 Å². The monoisotopic (exact) mass is 1100 g/mol. The number of aliphatic hydroxyl groups is 1. The number of nitrogen functional groups attached to an aromatic ring is 1. The molecule has 4 fully saturated rings. The smallest absolute Gasteiger partial charge is 1.00 e. The number of likely N-dealkylation sites (tertiary alicyclic amines) is 3. The van der Waals surface area contributed by atoms with E-state index >= 15 is 0 Å². The Morgan fingerprint density at radius 1 is 0.729 bits per heavy atom. The molecule has 70 heavy (non-hydrogen) atoms. The molecular formula is C53H69ClFIN7NaO6. The number of benzene rings is 4. The van der Waals surface area contributed by atoms with Crippen LogP contribution in [0.3, 0.4) is 0 Å². The van der Waals surface area contributed by atoms with Crippen LogP contribution in [0.2, 0.25) is 5.02 Å². The Kier molecular flexibility index (Phi) is 23.1. The van der Waals surface area contributed by atoms with Crippen molar-refractivity contribution in [2.75, 3.05) is 77.4 Å². The normalized spacial score (nSPS) is 21.5. The first-order valence-electron chi connectivity index (χ1n) is 23.7. The first kappa shape index (κ1) is 57.4. The van der Waals surface area contributed by atoms with E-state index < -0.39 is 11.7 Å². The number of ether oxygens (including phenoxy) is 2. The van der Waals surface area contributed by atoms with Gasteiger partial charge in [0.25, 0.3) is 17.6 Å². The van der Waals surface area contributed by atoms with Crippen molar-refractivity contribution in [2.24, 2.45) is 0 Å². The molecule has 0 radical (unpaired) electrons. The maximum Gasteiger partial charge on any atom is 1.00 e. The number of hydrogen-bond acceptors (Lipinski definition) is 10. The average Bonchev–Trinajstić information content (AvgIpc) is 4.19. The van der Waals surface area contributed by atoms with E-state index in [-0.39, 0.29) is 83.1 Å². The summed E-state index contributed by atoms with van der Waals surface area (Å²) in [5, 5.41) is 9.94. The average molecular weight is 1100 g/mol. The summed E-state index contributed by atoms with van der Waals surface area (Å²) in [6.07, 6.45) is 4.39. The number of aliphatic hydroxyl groups excluding tert-OH is 1. The number of halogens is 3. The van der Waals surface area contributed by atoms with E-state index in [2.05, 4.69) is 91.9 Å². The summed E-state index contributed by atoms with van der Waals surface area (Å²) in [6, 6.07) is 30.5. The van der Waals surface area contributed by atoms with Crippen molar-refractivity contribution >= 4 is 62.7 Å². The summed E-state index contributed by atoms with van der Waals surface area (Å²) in [5.41, 5.74) is 4.53. The molecule has 0 bridgehead atoms. The summed E-state index contributed by atoms with van der Waals surface area (Å²) in [4.78, 5) is 52.3. The molecule has 4 aliphatic rings. The van der Waals surface area contributed by atoms with Crippen molar-refractivity contribution in [3.63, 3.8) is 0 Å². The maximum absolute atomic E-state index is 13.8. The van der Waals surface area contributed by atoms with Crippen LogP contribution in [-0.2, 0) is 33.9 Å². The van der Waals surface area contributed by atoms with Gasteiger partial charge in [0.2, 0.25) is 0 Å². The number of alkyl halides is 1. The Morgan fingerprint density at radius 2 is 1.29 bits per heavy atom. The molecule has 5 atom stereocenters. The van der Waals surface area contributed by atoms with Crippen LogP contribution in [0.1, 0.15) is 71.9 Å². The van der Waals surface area contributed by atoms with E-state index in [1.165, 1.54) is 45.5 Å². The number of rotatable bonds is 11. The van der Waals surface area contributed by atoms with Crippen molar-refractivity contribution in [2.45, 2.75) is 83.1 Å². The summed E-state index contributed by atoms with van der Waals surface area (Å²) < 4.78 is 25.2. The van der Waals surface area contributed by atoms with Crippen LogP contribution in [0.5, 0.6) is 0 Å². The second-order valence-corrected chi connectivity index (χ2v) is 18.7. The number of Topliss-reactive ketones (excluding diaryl/α,β-unsaturated/α-hetero) is 1. The molecule has 3 N–H and O–H groups in total. The number of β-amino-alcohol motifs (C(OH)–C–C–N with tert-alkyl or cyclic N) is 1. The van der Waals surface area contributed by atoms with Crippen molar-refractivity contribution in [1.29, 1.82) is 0 Å². The second kappa shape index (κ2) is 28.1. The van der Waals surface area contributed by atoms with Crippen LogP contribution in [0.4, 0.5) is 4.39 Å². The standard InChI is InChI=1S/C29H33ClFN5O4.C12H17NO.C11H15NO.CH3I.Na.H/c1-17-13-35(18(2)12-34(17)14-19-4-6-20(31)7-5-19)28(38)23-10-22-24(16-36(32)26(22)11-25(23)30)27(37)29(39)33-9-8-21(15-33)40-3;1-14-12-7-8-13(10-12)9-11-5-3-2-4-6-11;13-11-6-7-12(9-11)8-10-4-2-1-3-5-10;1-2;;/h4-7,10-11,16-18,21H,8-9,12-15,32H2,1-3H3;2-6,12H,7-10H2,1H3;1-5,11,13H,6-9H2;1H3;;/q;;;;+1;-1/t17-,18+,21+;12-;11-;;;/m011.../s1. The molecule has 4 saturated heterocycles. The minimum absolute atomic E-state index is 0. The van der Waals surface area contributed by atoms with Gasteiger partial charge in [0.05, 0.1) is 40.0 Å². The molecule has 17 heteroatoms. The second-order valence-electron chi connectivity index (χ2n) is 18.3. The number of amides is 2. The van der Waals surface area contributed by atoms with Crippen molar-refractivity contribution in [3.05, 3.63) is 142 Å². The molecule has 1 aromatic heterocycles. The van der Waals surface area contributed by atoms with E-state index in [9.17, 15) is 23.9 Å². The van der Waals surface area contributed by atoms with E-state index in [4.69, 9.17) is 26.9 Å². The molecular weight excluding hydrogens is 1030 g/mol. The summed E-state index contributed by atoms with van der Waals surface area (Å²) in [6.45, 7) is 12.6. The minimum atomic E-state index is -0.692. The van der Waals surface area contributed by atoms with Crippen LogP contribution >= 0.6 is 34.2 Å². The molecule has 9 rings (SSSR count). The summed E-state index contributed by atoms with van der Waals surface area (Å²) in [5.74, 6) is 4.26. The van der Waals surface area contributed by atoms with Crippen LogP contribution in [0, 0.1) is 5.82 Å². The van der Waals surface area contributed by atoms with E-state index in [1.54, 1.807) is 43.4 Å². The Morgan fingerprint density at radius 3 is 1.84 bits per heavy atom.